The molecule has 2 aliphatic heterocycles. The summed E-state index contributed by atoms with van der Waals surface area (Å²) in [5.74, 6) is -1.02. The van der Waals surface area contributed by atoms with E-state index in [4.69, 9.17) is 11.3 Å². The van der Waals surface area contributed by atoms with Crippen LogP contribution in [0.5, 0.6) is 0 Å². The number of amides is 1. The van der Waals surface area contributed by atoms with Crippen molar-refractivity contribution in [2.24, 2.45) is 0 Å². The molecule has 0 aromatic heterocycles. The predicted octanol–water partition coefficient (Wildman–Crippen LogP) is 3.89. The number of ether oxygens (including phenoxy) is 1. The number of piperidine rings is 1. The van der Waals surface area contributed by atoms with Gasteiger partial charge >= 0.3 is 5.97 Å². The van der Waals surface area contributed by atoms with Crippen LogP contribution >= 0.6 is 0 Å². The fourth-order valence-corrected chi connectivity index (χ4v) is 4.41. The van der Waals surface area contributed by atoms with Crippen LogP contribution in [0.2, 0.25) is 0 Å². The minimum Gasteiger partial charge on any atom is -0.471 e. The highest BCUT2D eigenvalue weighted by atomic mass is 16.5. The van der Waals surface area contributed by atoms with Crippen molar-refractivity contribution in [3.63, 3.8) is 0 Å². The number of carbonyl (C=O) groups is 2. The van der Waals surface area contributed by atoms with Crippen LogP contribution in [0, 0.1) is 6.57 Å². The van der Waals surface area contributed by atoms with E-state index in [1.54, 1.807) is 17.9 Å². The second-order valence-electron chi connectivity index (χ2n) is 7.74. The Kier molecular flexibility index (Phi) is 6.15. The molecule has 2 aromatic carbocycles. The average molecular weight is 415 g/mol. The zero-order valence-electron chi connectivity index (χ0n) is 17.6. The quantitative estimate of drug-likeness (QED) is 0.422. The molecule has 0 N–H and O–H groups in total. The molecule has 1 fully saturated rings. The summed E-state index contributed by atoms with van der Waals surface area (Å²) in [6.07, 6.45) is 1.68. The molecule has 6 nitrogen and oxygen atoms in total. The third kappa shape index (κ3) is 4.10. The van der Waals surface area contributed by atoms with E-state index in [1.165, 1.54) is 5.56 Å². The third-order valence-corrected chi connectivity index (χ3v) is 5.85. The number of benzene rings is 2. The number of hydrogen-bond donors (Lipinski definition) is 0. The van der Waals surface area contributed by atoms with E-state index in [0.717, 1.165) is 38.2 Å². The summed E-state index contributed by atoms with van der Waals surface area (Å²) in [6.45, 7) is 12.0. The summed E-state index contributed by atoms with van der Waals surface area (Å²) in [5.41, 5.74) is 2.62. The largest absolute Gasteiger partial charge is 0.471 e. The van der Waals surface area contributed by atoms with Gasteiger partial charge in [0.15, 0.2) is 0 Å². The number of hydrogen-bond acceptors (Lipinski definition) is 4. The minimum atomic E-state index is -0.741. The summed E-state index contributed by atoms with van der Waals surface area (Å²) in [5, 5.41) is 0. The standard InChI is InChI=1S/C25H25N3O3/c1-3-31-25(30)23(26-2)22-20-11-7-8-12-21(20)28(24(22)29)19-13-15-27(16-14-19)17-18-9-5-4-6-10-18/h4-12,19H,3,13-17H2,1H3/b23-22+. The molecule has 0 unspecified atom stereocenters. The van der Waals surface area contributed by atoms with Crippen molar-refractivity contribution in [3.8, 4) is 0 Å². The van der Waals surface area contributed by atoms with Gasteiger partial charge in [-0.3, -0.25) is 14.5 Å². The Labute approximate surface area is 182 Å². The number of anilines is 1. The maximum Gasteiger partial charge on any atom is 0.337 e. The molecular weight excluding hydrogens is 390 g/mol. The summed E-state index contributed by atoms with van der Waals surface area (Å²) in [6, 6.07) is 17.8. The normalized spacial score (nSPS) is 18.5. The number of para-hydroxylation sites is 1. The Morgan fingerprint density at radius 1 is 1.10 bits per heavy atom. The van der Waals surface area contributed by atoms with E-state index >= 15 is 0 Å². The predicted molar refractivity (Wildman–Crippen MR) is 119 cm³/mol. The number of nitrogens with zero attached hydrogens (tertiary/aromatic N) is 3. The molecule has 1 saturated heterocycles. The lowest BCUT2D eigenvalue weighted by Gasteiger charge is -2.37. The van der Waals surface area contributed by atoms with Crippen molar-refractivity contribution in [2.75, 3.05) is 24.6 Å². The van der Waals surface area contributed by atoms with Gasteiger partial charge in [-0.2, -0.15) is 0 Å². The lowest BCUT2D eigenvalue weighted by atomic mass is 10.0. The van der Waals surface area contributed by atoms with Crippen LogP contribution in [0.25, 0.3) is 10.4 Å². The Bertz CT molecular complexity index is 1050. The monoisotopic (exact) mass is 415 g/mol. The molecule has 2 aliphatic rings. The summed E-state index contributed by atoms with van der Waals surface area (Å²) >= 11 is 0. The van der Waals surface area contributed by atoms with Gasteiger partial charge in [-0.15, -0.1) is 0 Å². The molecule has 4 rings (SSSR count). The van der Waals surface area contributed by atoms with Gasteiger partial charge in [-0.25, -0.2) is 4.85 Å². The molecule has 158 valence electrons. The summed E-state index contributed by atoms with van der Waals surface area (Å²) < 4.78 is 5.03. The lowest BCUT2D eigenvalue weighted by Crippen LogP contribution is -2.46. The van der Waals surface area contributed by atoms with E-state index in [2.05, 4.69) is 21.9 Å². The topological polar surface area (TPSA) is 54.2 Å². The van der Waals surface area contributed by atoms with Crippen LogP contribution in [0.4, 0.5) is 5.69 Å². The van der Waals surface area contributed by atoms with Crippen LogP contribution in [-0.4, -0.2) is 42.5 Å². The van der Waals surface area contributed by atoms with Crippen molar-refractivity contribution in [3.05, 3.63) is 82.8 Å². The second kappa shape index (κ2) is 9.15. The van der Waals surface area contributed by atoms with Crippen molar-refractivity contribution in [1.29, 1.82) is 0 Å². The van der Waals surface area contributed by atoms with Gasteiger partial charge in [0.05, 0.1) is 24.4 Å². The number of rotatable bonds is 5. The molecule has 0 atom stereocenters. The second-order valence-corrected chi connectivity index (χ2v) is 7.74. The Morgan fingerprint density at radius 2 is 1.77 bits per heavy atom. The summed E-state index contributed by atoms with van der Waals surface area (Å²) in [7, 11) is 0. The van der Waals surface area contributed by atoms with E-state index in [0.29, 0.717) is 5.56 Å². The van der Waals surface area contributed by atoms with E-state index in [9.17, 15) is 9.59 Å². The first-order valence-electron chi connectivity index (χ1n) is 10.6. The zero-order valence-corrected chi connectivity index (χ0v) is 17.6. The van der Waals surface area contributed by atoms with Crippen molar-refractivity contribution in [2.45, 2.75) is 32.4 Å². The van der Waals surface area contributed by atoms with Gasteiger partial charge in [0.2, 0.25) is 5.91 Å². The van der Waals surface area contributed by atoms with Gasteiger partial charge < -0.3 is 9.64 Å². The molecule has 0 bridgehead atoms. The van der Waals surface area contributed by atoms with Gasteiger partial charge in [0, 0.05) is 31.2 Å². The average Bonchev–Trinajstić information content (AvgIpc) is 3.08. The molecule has 6 heteroatoms. The van der Waals surface area contributed by atoms with Crippen molar-refractivity contribution >= 4 is 23.1 Å². The Morgan fingerprint density at radius 3 is 2.45 bits per heavy atom. The van der Waals surface area contributed by atoms with Crippen molar-refractivity contribution < 1.29 is 14.3 Å². The van der Waals surface area contributed by atoms with E-state index < -0.39 is 5.97 Å². The Hall–Kier alpha value is -3.43. The van der Waals surface area contributed by atoms with Crippen LogP contribution in [0.15, 0.2) is 60.3 Å². The number of esters is 1. The van der Waals surface area contributed by atoms with Gasteiger partial charge in [-0.1, -0.05) is 48.5 Å². The fourth-order valence-electron chi connectivity index (χ4n) is 4.41. The highest BCUT2D eigenvalue weighted by molar-refractivity contribution is 6.36. The maximum absolute atomic E-state index is 13.4. The number of likely N-dealkylation sites (tertiary alicyclic amines) is 1. The fraction of sp³-hybridized carbons (Fsp3) is 0.320. The van der Waals surface area contributed by atoms with Gasteiger partial charge in [-0.05, 0) is 31.4 Å². The lowest BCUT2D eigenvalue weighted by molar-refractivity contribution is -0.138. The number of fused-ring (bicyclic) bond motifs is 1. The van der Waals surface area contributed by atoms with Gasteiger partial charge in [0.1, 0.15) is 0 Å². The van der Waals surface area contributed by atoms with E-state index in [-0.39, 0.29) is 29.8 Å². The third-order valence-electron chi connectivity index (χ3n) is 5.85. The van der Waals surface area contributed by atoms with E-state index in [1.807, 2.05) is 36.4 Å². The maximum atomic E-state index is 13.4. The van der Waals surface area contributed by atoms with Crippen LogP contribution in [0.3, 0.4) is 0 Å². The molecule has 0 saturated carbocycles. The van der Waals surface area contributed by atoms with Crippen molar-refractivity contribution in [1.82, 2.24) is 4.90 Å². The van der Waals surface area contributed by atoms with Crippen LogP contribution in [-0.2, 0) is 20.9 Å². The highest BCUT2D eigenvalue weighted by Crippen LogP contribution is 2.41. The zero-order chi connectivity index (χ0) is 21.8. The number of carbonyl (C=O) groups excluding carboxylic acids is 2. The molecule has 1 amide bonds. The highest BCUT2D eigenvalue weighted by Gasteiger charge is 2.40. The SMILES string of the molecule is [C-]#[N+]/C(C(=O)OCC)=C1/C(=O)N(C2CCN(Cc3ccccc3)CC2)c2ccccc21. The molecule has 0 spiro atoms. The summed E-state index contributed by atoms with van der Waals surface area (Å²) in [4.78, 5) is 33.4. The van der Waals surface area contributed by atoms with Gasteiger partial charge in [0.25, 0.3) is 5.70 Å². The molecule has 0 aliphatic carbocycles. The Balaban J connectivity index is 1.57. The molecule has 31 heavy (non-hydrogen) atoms. The first-order chi connectivity index (χ1) is 15.1. The smallest absolute Gasteiger partial charge is 0.337 e. The first kappa shape index (κ1) is 20.8. The molecule has 0 radical (unpaired) electrons. The molecular formula is C25H25N3O3. The molecule has 2 heterocycles. The van der Waals surface area contributed by atoms with Crippen LogP contribution < -0.4 is 4.90 Å². The van der Waals surface area contributed by atoms with Crippen LogP contribution in [0.1, 0.15) is 30.9 Å². The minimum absolute atomic E-state index is 0.0346. The first-order valence-corrected chi connectivity index (χ1v) is 10.6. The molecule has 2 aromatic rings.